The summed E-state index contributed by atoms with van der Waals surface area (Å²) in [6.45, 7) is 3.80. The maximum absolute atomic E-state index is 13.4. The van der Waals surface area contributed by atoms with E-state index in [1.165, 1.54) is 19.1 Å². The number of carbonyl (C=O) groups is 2. The molecule has 2 amide bonds. The third kappa shape index (κ3) is 3.00. The molecule has 0 radical (unpaired) electrons. The van der Waals surface area contributed by atoms with Gasteiger partial charge in [-0.15, -0.1) is 0 Å². The van der Waals surface area contributed by atoms with Crippen LogP contribution in [0.1, 0.15) is 25.3 Å². The van der Waals surface area contributed by atoms with Crippen LogP contribution in [-0.4, -0.2) is 29.3 Å². The van der Waals surface area contributed by atoms with Gasteiger partial charge >= 0.3 is 0 Å². The van der Waals surface area contributed by atoms with Gasteiger partial charge in [-0.3, -0.25) is 9.59 Å². The van der Waals surface area contributed by atoms with Crippen molar-refractivity contribution in [2.24, 2.45) is 0 Å². The van der Waals surface area contributed by atoms with Gasteiger partial charge in [0.25, 0.3) is 0 Å². The van der Waals surface area contributed by atoms with Crippen LogP contribution < -0.4 is 5.32 Å². The van der Waals surface area contributed by atoms with E-state index < -0.39 is 6.04 Å². The maximum Gasteiger partial charge on any atom is 0.247 e. The van der Waals surface area contributed by atoms with Gasteiger partial charge in [0.2, 0.25) is 11.8 Å². The van der Waals surface area contributed by atoms with Gasteiger partial charge in [-0.05, 0) is 53.4 Å². The highest BCUT2D eigenvalue weighted by Crippen LogP contribution is 2.25. The molecule has 0 spiro atoms. The van der Waals surface area contributed by atoms with Gasteiger partial charge in [0, 0.05) is 19.2 Å². The molecule has 1 fully saturated rings. The van der Waals surface area contributed by atoms with Crippen LogP contribution in [0.25, 0.3) is 0 Å². The summed E-state index contributed by atoms with van der Waals surface area (Å²) in [5.41, 5.74) is 1.20. The van der Waals surface area contributed by atoms with Crippen LogP contribution in [0, 0.1) is 12.7 Å². The van der Waals surface area contributed by atoms with Crippen molar-refractivity contribution in [3.05, 3.63) is 28.0 Å². The fraction of sp³-hybridized carbons (Fsp3) is 0.429. The Morgan fingerprint density at radius 1 is 1.45 bits per heavy atom. The lowest BCUT2D eigenvalue weighted by atomic mass is 10.1. The molecule has 2 rings (SSSR count). The molecule has 0 saturated carbocycles. The van der Waals surface area contributed by atoms with E-state index in [-0.39, 0.29) is 17.6 Å². The molecule has 6 heteroatoms. The van der Waals surface area contributed by atoms with Crippen molar-refractivity contribution in [1.82, 2.24) is 4.90 Å². The van der Waals surface area contributed by atoms with Crippen molar-refractivity contribution >= 4 is 33.4 Å². The van der Waals surface area contributed by atoms with E-state index >= 15 is 0 Å². The summed E-state index contributed by atoms with van der Waals surface area (Å²) in [7, 11) is 0. The van der Waals surface area contributed by atoms with Gasteiger partial charge < -0.3 is 10.2 Å². The quantitative estimate of drug-likeness (QED) is 0.898. The number of halogens is 2. The SMILES string of the molecule is CC(=O)N1CCCC1C(=O)Nc1cc(Br)c(F)cc1C. The number of likely N-dealkylation sites (tertiary alicyclic amines) is 1. The van der Waals surface area contributed by atoms with Crippen molar-refractivity contribution in [1.29, 1.82) is 0 Å². The molecule has 1 N–H and O–H groups in total. The van der Waals surface area contributed by atoms with Gasteiger partial charge in [-0.25, -0.2) is 4.39 Å². The number of amides is 2. The van der Waals surface area contributed by atoms with Gasteiger partial charge in [-0.2, -0.15) is 0 Å². The predicted molar refractivity (Wildman–Crippen MR) is 77.9 cm³/mol. The van der Waals surface area contributed by atoms with Crippen molar-refractivity contribution in [2.75, 3.05) is 11.9 Å². The molecule has 0 bridgehead atoms. The van der Waals surface area contributed by atoms with E-state index in [2.05, 4.69) is 21.2 Å². The third-order valence-corrected chi connectivity index (χ3v) is 4.09. The minimum atomic E-state index is -0.435. The minimum absolute atomic E-state index is 0.0975. The topological polar surface area (TPSA) is 49.4 Å². The lowest BCUT2D eigenvalue weighted by Crippen LogP contribution is -2.42. The monoisotopic (exact) mass is 342 g/mol. The van der Waals surface area contributed by atoms with Crippen LogP contribution in [0.2, 0.25) is 0 Å². The second kappa shape index (κ2) is 5.91. The van der Waals surface area contributed by atoms with E-state index in [9.17, 15) is 14.0 Å². The van der Waals surface area contributed by atoms with E-state index in [1.807, 2.05) is 0 Å². The highest BCUT2D eigenvalue weighted by Gasteiger charge is 2.32. The van der Waals surface area contributed by atoms with Gasteiger partial charge in [0.1, 0.15) is 11.9 Å². The summed E-state index contributed by atoms with van der Waals surface area (Å²) in [4.78, 5) is 25.3. The van der Waals surface area contributed by atoms with Crippen LogP contribution >= 0.6 is 15.9 Å². The molecule has 1 aliphatic rings. The number of anilines is 1. The van der Waals surface area contributed by atoms with Crippen molar-refractivity contribution < 1.29 is 14.0 Å². The van der Waals surface area contributed by atoms with Crippen molar-refractivity contribution in [2.45, 2.75) is 32.7 Å². The highest BCUT2D eigenvalue weighted by atomic mass is 79.9. The molecule has 108 valence electrons. The first-order valence-corrected chi connectivity index (χ1v) is 7.23. The second-order valence-corrected chi connectivity index (χ2v) is 5.80. The summed E-state index contributed by atoms with van der Waals surface area (Å²) >= 11 is 3.10. The molecule has 1 aliphatic heterocycles. The number of hydrogen-bond donors (Lipinski definition) is 1. The molecule has 1 atom stereocenters. The lowest BCUT2D eigenvalue weighted by Gasteiger charge is -2.22. The summed E-state index contributed by atoms with van der Waals surface area (Å²) in [5, 5.41) is 2.78. The van der Waals surface area contributed by atoms with Gasteiger partial charge in [0.05, 0.1) is 4.47 Å². The minimum Gasteiger partial charge on any atom is -0.331 e. The number of hydrogen-bond acceptors (Lipinski definition) is 2. The number of benzene rings is 1. The Balaban J connectivity index is 2.16. The summed E-state index contributed by atoms with van der Waals surface area (Å²) < 4.78 is 13.7. The Morgan fingerprint density at radius 3 is 2.80 bits per heavy atom. The van der Waals surface area contributed by atoms with E-state index in [4.69, 9.17) is 0 Å². The Hall–Kier alpha value is -1.43. The highest BCUT2D eigenvalue weighted by molar-refractivity contribution is 9.10. The number of nitrogens with zero attached hydrogens (tertiary/aromatic N) is 1. The Labute approximate surface area is 125 Å². The van der Waals surface area contributed by atoms with E-state index in [0.29, 0.717) is 28.7 Å². The lowest BCUT2D eigenvalue weighted by molar-refractivity contribution is -0.134. The molecule has 4 nitrogen and oxygen atoms in total. The first kappa shape index (κ1) is 15.0. The molecule has 1 unspecified atom stereocenters. The number of rotatable bonds is 2. The molecule has 1 heterocycles. The average Bonchev–Trinajstić information content (AvgIpc) is 2.85. The van der Waals surface area contributed by atoms with Crippen LogP contribution in [0.3, 0.4) is 0 Å². The average molecular weight is 343 g/mol. The van der Waals surface area contributed by atoms with Crippen LogP contribution in [0.4, 0.5) is 10.1 Å². The number of aryl methyl sites for hydroxylation is 1. The molecule has 1 saturated heterocycles. The summed E-state index contributed by atoms with van der Waals surface area (Å²) in [6, 6.07) is 2.46. The van der Waals surface area contributed by atoms with Crippen LogP contribution in [-0.2, 0) is 9.59 Å². The molecule has 0 aliphatic carbocycles. The summed E-state index contributed by atoms with van der Waals surface area (Å²) in [5.74, 6) is -0.689. The first-order chi connectivity index (χ1) is 9.40. The fourth-order valence-electron chi connectivity index (χ4n) is 2.41. The standard InChI is InChI=1S/C14H16BrFN2O2/c1-8-6-11(16)10(15)7-12(8)17-14(20)13-4-3-5-18(13)9(2)19/h6-7,13H,3-5H2,1-2H3,(H,17,20). The van der Waals surface area contributed by atoms with Crippen molar-refractivity contribution in [3.8, 4) is 0 Å². The van der Waals surface area contributed by atoms with Gasteiger partial charge in [-0.1, -0.05) is 0 Å². The maximum atomic E-state index is 13.4. The van der Waals surface area contributed by atoms with Crippen molar-refractivity contribution in [3.63, 3.8) is 0 Å². The Bertz CT molecular complexity index is 562. The Morgan fingerprint density at radius 2 is 2.15 bits per heavy atom. The smallest absolute Gasteiger partial charge is 0.247 e. The van der Waals surface area contributed by atoms with E-state index in [1.54, 1.807) is 11.8 Å². The third-order valence-electron chi connectivity index (χ3n) is 3.49. The largest absolute Gasteiger partial charge is 0.331 e. The zero-order valence-corrected chi connectivity index (χ0v) is 13.0. The molecule has 20 heavy (non-hydrogen) atoms. The number of carbonyl (C=O) groups excluding carboxylic acids is 2. The van der Waals surface area contributed by atoms with Crippen LogP contribution in [0.5, 0.6) is 0 Å². The molecule has 1 aromatic rings. The zero-order valence-electron chi connectivity index (χ0n) is 11.4. The predicted octanol–water partition coefficient (Wildman–Crippen LogP) is 2.85. The zero-order chi connectivity index (χ0) is 14.9. The molecular formula is C14H16BrFN2O2. The number of nitrogens with one attached hydrogen (secondary N) is 1. The van der Waals surface area contributed by atoms with Gasteiger partial charge in [0.15, 0.2) is 0 Å². The molecular weight excluding hydrogens is 327 g/mol. The normalized spacial score (nSPS) is 18.2. The molecule has 0 aromatic heterocycles. The van der Waals surface area contributed by atoms with E-state index in [0.717, 1.165) is 6.42 Å². The second-order valence-electron chi connectivity index (χ2n) is 4.94. The summed E-state index contributed by atoms with van der Waals surface area (Å²) in [6.07, 6.45) is 1.48. The fourth-order valence-corrected chi connectivity index (χ4v) is 2.76. The first-order valence-electron chi connectivity index (χ1n) is 6.44. The Kier molecular flexibility index (Phi) is 4.42. The molecule has 1 aromatic carbocycles. The van der Waals surface area contributed by atoms with Crippen LogP contribution in [0.15, 0.2) is 16.6 Å².